The zero-order valence-corrected chi connectivity index (χ0v) is 24.2. The van der Waals surface area contributed by atoms with Crippen molar-refractivity contribution in [3.63, 3.8) is 0 Å². The lowest BCUT2D eigenvalue weighted by molar-refractivity contribution is -0.122. The summed E-state index contributed by atoms with van der Waals surface area (Å²) in [6, 6.07) is 21.2. The Morgan fingerprint density at radius 2 is 1.60 bits per heavy atom. The van der Waals surface area contributed by atoms with E-state index in [1.807, 2.05) is 31.2 Å². The third-order valence-corrected chi connectivity index (χ3v) is 7.38. The van der Waals surface area contributed by atoms with Gasteiger partial charge in [-0.25, -0.2) is 8.78 Å². The Morgan fingerprint density at radius 3 is 2.29 bits per heavy atom. The van der Waals surface area contributed by atoms with E-state index >= 15 is 0 Å². The lowest BCUT2D eigenvalue weighted by Crippen LogP contribution is -2.49. The largest absolute Gasteiger partial charge is 0.390 e. The zero-order valence-electron chi connectivity index (χ0n) is 24.2. The van der Waals surface area contributed by atoms with E-state index < -0.39 is 23.8 Å². The van der Waals surface area contributed by atoms with Crippen molar-refractivity contribution in [2.24, 2.45) is 7.05 Å². The molecule has 220 valence electrons. The van der Waals surface area contributed by atoms with E-state index in [0.29, 0.717) is 29.1 Å². The molecule has 0 saturated carbocycles. The van der Waals surface area contributed by atoms with Gasteiger partial charge in [-0.15, -0.1) is 0 Å². The van der Waals surface area contributed by atoms with Gasteiger partial charge in [-0.3, -0.25) is 9.59 Å². The first-order valence-electron chi connectivity index (χ1n) is 14.1. The number of aryl methyl sites for hydroxylation is 2. The average Bonchev–Trinajstić information content (AvgIpc) is 3.31. The van der Waals surface area contributed by atoms with Crippen molar-refractivity contribution in [1.29, 1.82) is 0 Å². The van der Waals surface area contributed by atoms with Crippen LogP contribution in [0.4, 0.5) is 8.78 Å². The third kappa shape index (κ3) is 8.21. The number of nitrogens with one attached hydrogen (secondary N) is 2. The SMILES string of the molecule is CCc1cccc(CNC[C@H](O)[C@@H](Cc2cc(F)cc(F)c2)NC(=O)Cc2ccc(C(=O)c3ccc(C)cc3)n2C)c1. The van der Waals surface area contributed by atoms with Crippen LogP contribution in [0.15, 0.2) is 78.9 Å². The molecule has 0 unspecified atom stereocenters. The van der Waals surface area contributed by atoms with Crippen LogP contribution in [0.3, 0.4) is 0 Å². The van der Waals surface area contributed by atoms with Gasteiger partial charge in [-0.2, -0.15) is 0 Å². The maximum absolute atomic E-state index is 13.9. The van der Waals surface area contributed by atoms with E-state index in [-0.39, 0.29) is 31.1 Å². The summed E-state index contributed by atoms with van der Waals surface area (Å²) in [5, 5.41) is 17.1. The first-order chi connectivity index (χ1) is 20.1. The van der Waals surface area contributed by atoms with Gasteiger partial charge in [0.2, 0.25) is 11.7 Å². The Morgan fingerprint density at radius 1 is 0.905 bits per heavy atom. The minimum atomic E-state index is -1.04. The number of rotatable bonds is 13. The monoisotopic (exact) mass is 573 g/mol. The smallest absolute Gasteiger partial charge is 0.226 e. The first kappa shape index (κ1) is 30.8. The first-order valence-corrected chi connectivity index (χ1v) is 14.1. The Labute approximate surface area is 245 Å². The van der Waals surface area contributed by atoms with Gasteiger partial charge in [0.05, 0.1) is 24.3 Å². The molecule has 0 bridgehead atoms. The summed E-state index contributed by atoms with van der Waals surface area (Å²) in [6.07, 6.45) is -0.145. The molecule has 3 aromatic carbocycles. The second-order valence-corrected chi connectivity index (χ2v) is 10.7. The van der Waals surface area contributed by atoms with Crippen LogP contribution in [0.5, 0.6) is 0 Å². The van der Waals surface area contributed by atoms with Crippen molar-refractivity contribution in [2.45, 2.75) is 51.8 Å². The Kier molecular flexibility index (Phi) is 10.4. The quantitative estimate of drug-likeness (QED) is 0.200. The summed E-state index contributed by atoms with van der Waals surface area (Å²) < 4.78 is 29.5. The molecule has 4 rings (SSSR count). The van der Waals surface area contributed by atoms with Crippen LogP contribution in [0.1, 0.15) is 50.9 Å². The van der Waals surface area contributed by atoms with Crippen molar-refractivity contribution in [1.82, 2.24) is 15.2 Å². The van der Waals surface area contributed by atoms with Gasteiger partial charge in [0.1, 0.15) is 11.6 Å². The number of carbonyl (C=O) groups is 2. The molecule has 8 heteroatoms. The molecule has 0 fully saturated rings. The molecule has 1 aromatic heterocycles. The number of aliphatic hydroxyl groups excluding tert-OH is 1. The fraction of sp³-hybridized carbons (Fsp3) is 0.294. The molecular formula is C34H37F2N3O3. The molecule has 1 amide bonds. The Balaban J connectivity index is 1.44. The van der Waals surface area contributed by atoms with Gasteiger partial charge in [-0.1, -0.05) is 61.0 Å². The highest BCUT2D eigenvalue weighted by molar-refractivity contribution is 6.08. The van der Waals surface area contributed by atoms with Crippen LogP contribution in [-0.2, 0) is 37.6 Å². The van der Waals surface area contributed by atoms with Gasteiger partial charge < -0.3 is 20.3 Å². The molecule has 2 atom stereocenters. The second kappa shape index (κ2) is 14.2. The molecule has 0 radical (unpaired) electrons. The van der Waals surface area contributed by atoms with Crippen molar-refractivity contribution in [3.8, 4) is 0 Å². The number of aromatic nitrogens is 1. The molecule has 0 aliphatic rings. The van der Waals surface area contributed by atoms with E-state index in [4.69, 9.17) is 0 Å². The average molecular weight is 574 g/mol. The predicted octanol–water partition coefficient (Wildman–Crippen LogP) is 4.83. The van der Waals surface area contributed by atoms with E-state index in [1.165, 1.54) is 17.7 Å². The van der Waals surface area contributed by atoms with Gasteiger partial charge in [0.15, 0.2) is 0 Å². The van der Waals surface area contributed by atoms with Crippen molar-refractivity contribution in [2.75, 3.05) is 6.54 Å². The van der Waals surface area contributed by atoms with Crippen molar-refractivity contribution >= 4 is 11.7 Å². The fourth-order valence-electron chi connectivity index (χ4n) is 4.97. The van der Waals surface area contributed by atoms with Gasteiger partial charge in [-0.05, 0) is 60.7 Å². The van der Waals surface area contributed by atoms with Crippen LogP contribution in [-0.4, -0.2) is 40.1 Å². The van der Waals surface area contributed by atoms with Crippen LogP contribution in [0, 0.1) is 18.6 Å². The summed E-state index contributed by atoms with van der Waals surface area (Å²) in [7, 11) is 1.73. The summed E-state index contributed by atoms with van der Waals surface area (Å²) >= 11 is 0. The highest BCUT2D eigenvalue weighted by Gasteiger charge is 2.24. The molecule has 3 N–H and O–H groups in total. The maximum Gasteiger partial charge on any atom is 0.226 e. The summed E-state index contributed by atoms with van der Waals surface area (Å²) in [4.78, 5) is 26.2. The van der Waals surface area contributed by atoms with Crippen molar-refractivity contribution in [3.05, 3.63) is 130 Å². The number of amides is 1. The molecule has 0 aliphatic heterocycles. The standard InChI is InChI=1S/C34H37F2N3O3/c1-4-23-6-5-7-24(14-23)20-37-21-32(40)30(17-25-15-27(35)18-28(36)16-25)38-33(41)19-29-12-13-31(39(29)3)34(42)26-10-8-22(2)9-11-26/h5-16,18,30,32,37,40H,4,17,19-21H2,1-3H3,(H,38,41)/t30-,32+/m1/s1. The van der Waals surface area contributed by atoms with Crippen molar-refractivity contribution < 1.29 is 23.5 Å². The fourth-order valence-corrected chi connectivity index (χ4v) is 4.97. The lowest BCUT2D eigenvalue weighted by atomic mass is 10.00. The number of benzene rings is 3. The Hall–Kier alpha value is -4.14. The van der Waals surface area contributed by atoms with E-state index in [1.54, 1.807) is 35.9 Å². The Bertz CT molecular complexity index is 1510. The van der Waals surface area contributed by atoms with E-state index in [2.05, 4.69) is 29.7 Å². The number of hydrogen-bond donors (Lipinski definition) is 3. The van der Waals surface area contributed by atoms with Crippen LogP contribution in [0.25, 0.3) is 0 Å². The second-order valence-electron chi connectivity index (χ2n) is 10.7. The highest BCUT2D eigenvalue weighted by Crippen LogP contribution is 2.16. The molecular weight excluding hydrogens is 536 g/mol. The van der Waals surface area contributed by atoms with Gasteiger partial charge in [0, 0.05) is 37.5 Å². The van der Waals surface area contributed by atoms with Crippen LogP contribution in [0.2, 0.25) is 0 Å². The number of ketones is 1. The number of halogens is 2. The third-order valence-electron chi connectivity index (χ3n) is 7.38. The minimum Gasteiger partial charge on any atom is -0.390 e. The van der Waals surface area contributed by atoms with Gasteiger partial charge in [0.25, 0.3) is 0 Å². The van der Waals surface area contributed by atoms with E-state index in [9.17, 15) is 23.5 Å². The molecule has 0 spiro atoms. The molecule has 4 aromatic rings. The summed E-state index contributed by atoms with van der Waals surface area (Å²) in [6.45, 7) is 4.69. The van der Waals surface area contributed by atoms with E-state index in [0.717, 1.165) is 23.6 Å². The minimum absolute atomic E-state index is 0.0267. The summed E-state index contributed by atoms with van der Waals surface area (Å²) in [5.74, 6) is -2.00. The molecule has 0 aliphatic carbocycles. The topological polar surface area (TPSA) is 83.4 Å². The number of nitrogens with zero attached hydrogens (tertiary/aromatic N) is 1. The molecule has 42 heavy (non-hydrogen) atoms. The van der Waals surface area contributed by atoms with Crippen LogP contribution < -0.4 is 10.6 Å². The number of hydrogen-bond acceptors (Lipinski definition) is 4. The molecule has 1 heterocycles. The molecule has 6 nitrogen and oxygen atoms in total. The zero-order chi connectivity index (χ0) is 30.2. The number of carbonyl (C=O) groups excluding carboxylic acids is 2. The van der Waals surface area contributed by atoms with Crippen LogP contribution >= 0.6 is 0 Å². The molecule has 0 saturated heterocycles. The lowest BCUT2D eigenvalue weighted by Gasteiger charge is -2.25. The summed E-state index contributed by atoms with van der Waals surface area (Å²) in [5.41, 5.74) is 5.25. The maximum atomic E-state index is 13.9. The normalized spacial score (nSPS) is 12.6. The number of aliphatic hydroxyl groups is 1. The highest BCUT2D eigenvalue weighted by atomic mass is 19.1. The predicted molar refractivity (Wildman–Crippen MR) is 159 cm³/mol. The van der Waals surface area contributed by atoms with Gasteiger partial charge >= 0.3 is 0 Å².